The van der Waals surface area contributed by atoms with Gasteiger partial charge >= 0.3 is 5.97 Å². The van der Waals surface area contributed by atoms with Crippen LogP contribution in [0.15, 0.2) is 11.0 Å². The molecule has 0 aliphatic carbocycles. The van der Waals surface area contributed by atoms with E-state index in [1.54, 1.807) is 0 Å². The Kier molecular flexibility index (Phi) is 3.91. The van der Waals surface area contributed by atoms with Gasteiger partial charge in [0.25, 0.3) is 0 Å². The maximum Gasteiger partial charge on any atom is 0.344 e. The molecule has 0 aromatic rings. The van der Waals surface area contributed by atoms with Crippen LogP contribution in [0.5, 0.6) is 0 Å². The standard InChI is InChI=1S/C7H10ClNO2S/c1-11-7(10)6-2-5(3-9-8)4-12-6/h2,5,9H,3-4H2,1H3. The number of thioether (sulfide) groups is 1. The number of hydrogen-bond acceptors (Lipinski definition) is 4. The van der Waals surface area contributed by atoms with Crippen molar-refractivity contribution in [2.24, 2.45) is 5.92 Å². The van der Waals surface area contributed by atoms with Crippen LogP contribution in [-0.2, 0) is 9.53 Å². The van der Waals surface area contributed by atoms with Crippen LogP contribution in [-0.4, -0.2) is 25.4 Å². The Labute approximate surface area is 80.6 Å². The van der Waals surface area contributed by atoms with Gasteiger partial charge in [0.05, 0.1) is 12.0 Å². The highest BCUT2D eigenvalue weighted by Crippen LogP contribution is 2.29. The minimum Gasteiger partial charge on any atom is -0.465 e. The molecule has 12 heavy (non-hydrogen) atoms. The summed E-state index contributed by atoms with van der Waals surface area (Å²) in [7, 11) is 1.39. The molecule has 0 fully saturated rings. The molecule has 1 atom stereocenters. The molecule has 1 N–H and O–H groups in total. The quantitative estimate of drug-likeness (QED) is 0.557. The average Bonchev–Trinajstić information content (AvgIpc) is 2.52. The van der Waals surface area contributed by atoms with E-state index in [1.165, 1.54) is 18.9 Å². The molecule has 0 radical (unpaired) electrons. The summed E-state index contributed by atoms with van der Waals surface area (Å²) in [6.07, 6.45) is 1.89. The minimum atomic E-state index is -0.253. The predicted octanol–water partition coefficient (Wildman–Crippen LogP) is 1.15. The van der Waals surface area contributed by atoms with Crippen LogP contribution < -0.4 is 4.84 Å². The largest absolute Gasteiger partial charge is 0.465 e. The van der Waals surface area contributed by atoms with Crippen molar-refractivity contribution >= 4 is 29.5 Å². The molecule has 1 aliphatic rings. The average molecular weight is 208 g/mol. The van der Waals surface area contributed by atoms with Gasteiger partial charge in [-0.1, -0.05) is 6.08 Å². The maximum atomic E-state index is 11.0. The lowest BCUT2D eigenvalue weighted by Gasteiger charge is -2.00. The van der Waals surface area contributed by atoms with Crippen LogP contribution >= 0.6 is 23.5 Å². The number of hydrogen-bond donors (Lipinski definition) is 1. The zero-order valence-corrected chi connectivity index (χ0v) is 8.24. The molecule has 0 aromatic carbocycles. The first kappa shape index (κ1) is 9.89. The highest BCUT2D eigenvalue weighted by molar-refractivity contribution is 8.04. The Morgan fingerprint density at radius 3 is 3.33 bits per heavy atom. The highest BCUT2D eigenvalue weighted by atomic mass is 35.5. The predicted molar refractivity (Wildman–Crippen MR) is 49.9 cm³/mol. The summed E-state index contributed by atoms with van der Waals surface area (Å²) in [5, 5.41) is 0. The van der Waals surface area contributed by atoms with Crippen LogP contribution in [0.4, 0.5) is 0 Å². The van der Waals surface area contributed by atoms with Gasteiger partial charge < -0.3 is 4.74 Å². The van der Waals surface area contributed by atoms with E-state index >= 15 is 0 Å². The van der Waals surface area contributed by atoms with Crippen LogP contribution in [0.25, 0.3) is 0 Å². The van der Waals surface area contributed by atoms with E-state index in [9.17, 15) is 4.79 Å². The van der Waals surface area contributed by atoms with Gasteiger partial charge in [0.1, 0.15) is 0 Å². The Morgan fingerprint density at radius 2 is 2.75 bits per heavy atom. The molecule has 68 valence electrons. The Balaban J connectivity index is 2.47. The monoisotopic (exact) mass is 207 g/mol. The topological polar surface area (TPSA) is 38.3 Å². The normalized spacial score (nSPS) is 22.2. The summed E-state index contributed by atoms with van der Waals surface area (Å²) in [5.74, 6) is 0.975. The van der Waals surface area contributed by atoms with Gasteiger partial charge in [-0.15, -0.1) is 11.8 Å². The summed E-state index contributed by atoms with van der Waals surface area (Å²) in [6, 6.07) is 0. The van der Waals surface area contributed by atoms with Crippen molar-refractivity contribution in [1.82, 2.24) is 4.84 Å². The molecule has 1 heterocycles. The van der Waals surface area contributed by atoms with Crippen LogP contribution in [0, 0.1) is 5.92 Å². The summed E-state index contributed by atoms with van der Waals surface area (Å²) >= 11 is 6.85. The van der Waals surface area contributed by atoms with Gasteiger partial charge in [0.2, 0.25) is 0 Å². The molecule has 1 rings (SSSR count). The van der Waals surface area contributed by atoms with Crippen molar-refractivity contribution in [2.45, 2.75) is 0 Å². The Hall–Kier alpha value is -0.190. The molecular formula is C7H10ClNO2S. The highest BCUT2D eigenvalue weighted by Gasteiger charge is 2.21. The fourth-order valence-electron chi connectivity index (χ4n) is 0.952. The van der Waals surface area contributed by atoms with Crippen LogP contribution in [0.2, 0.25) is 0 Å². The van der Waals surface area contributed by atoms with Crippen molar-refractivity contribution in [3.63, 3.8) is 0 Å². The summed E-state index contributed by atoms with van der Waals surface area (Å²) in [4.78, 5) is 14.2. The second kappa shape index (κ2) is 4.74. The van der Waals surface area contributed by atoms with Crippen LogP contribution in [0.3, 0.4) is 0 Å². The molecule has 0 amide bonds. The fourth-order valence-corrected chi connectivity index (χ4v) is 2.25. The lowest BCUT2D eigenvalue weighted by Crippen LogP contribution is -2.12. The Bertz CT molecular complexity index is 208. The number of halogens is 1. The van der Waals surface area contributed by atoms with E-state index in [4.69, 9.17) is 11.8 Å². The van der Waals surface area contributed by atoms with Crippen molar-refractivity contribution in [2.75, 3.05) is 19.4 Å². The molecule has 0 bridgehead atoms. The fraction of sp³-hybridized carbons (Fsp3) is 0.571. The number of nitrogens with one attached hydrogen (secondary N) is 1. The van der Waals surface area contributed by atoms with Gasteiger partial charge in [-0.05, 0) is 11.8 Å². The molecule has 1 aliphatic heterocycles. The number of esters is 1. The zero-order valence-electron chi connectivity index (χ0n) is 6.67. The summed E-state index contributed by atoms with van der Waals surface area (Å²) in [5.41, 5.74) is 0. The first-order chi connectivity index (χ1) is 5.77. The lowest BCUT2D eigenvalue weighted by molar-refractivity contribution is -0.135. The second-order valence-electron chi connectivity index (χ2n) is 2.43. The van der Waals surface area contributed by atoms with Gasteiger partial charge in [0.15, 0.2) is 0 Å². The van der Waals surface area contributed by atoms with Gasteiger partial charge in [-0.25, -0.2) is 9.63 Å². The third kappa shape index (κ3) is 2.40. The van der Waals surface area contributed by atoms with E-state index in [0.717, 1.165) is 5.75 Å². The molecule has 5 heteroatoms. The molecular weight excluding hydrogens is 198 g/mol. The number of carbonyl (C=O) groups is 1. The van der Waals surface area contributed by atoms with Crippen LogP contribution in [0.1, 0.15) is 0 Å². The van der Waals surface area contributed by atoms with Gasteiger partial charge in [-0.2, -0.15) is 0 Å². The smallest absolute Gasteiger partial charge is 0.344 e. The first-order valence-electron chi connectivity index (χ1n) is 3.54. The molecule has 1 unspecified atom stereocenters. The number of ether oxygens (including phenoxy) is 1. The van der Waals surface area contributed by atoms with Crippen molar-refractivity contribution < 1.29 is 9.53 Å². The minimum absolute atomic E-state index is 0.253. The Morgan fingerprint density at radius 1 is 2.00 bits per heavy atom. The van der Waals surface area contributed by atoms with Crippen molar-refractivity contribution in [3.05, 3.63) is 11.0 Å². The van der Waals surface area contributed by atoms with Crippen molar-refractivity contribution in [3.8, 4) is 0 Å². The maximum absolute atomic E-state index is 11.0. The number of rotatable bonds is 3. The molecule has 0 saturated carbocycles. The zero-order chi connectivity index (χ0) is 8.97. The van der Waals surface area contributed by atoms with E-state index in [1.807, 2.05) is 6.08 Å². The number of carbonyl (C=O) groups excluding carboxylic acids is 1. The molecule has 3 nitrogen and oxygen atoms in total. The summed E-state index contributed by atoms with van der Waals surface area (Å²) in [6.45, 7) is 0.690. The van der Waals surface area contributed by atoms with Gasteiger partial charge in [0, 0.05) is 18.2 Å². The lowest BCUT2D eigenvalue weighted by atomic mass is 10.2. The third-order valence-corrected chi connectivity index (χ3v) is 2.93. The first-order valence-corrected chi connectivity index (χ1v) is 4.90. The van der Waals surface area contributed by atoms with Gasteiger partial charge in [-0.3, -0.25) is 0 Å². The van der Waals surface area contributed by atoms with E-state index in [-0.39, 0.29) is 5.97 Å². The molecule has 0 spiro atoms. The van der Waals surface area contributed by atoms with Crippen molar-refractivity contribution in [1.29, 1.82) is 0 Å². The SMILES string of the molecule is COC(=O)C1=CC(CNCl)CS1. The van der Waals surface area contributed by atoms with E-state index in [0.29, 0.717) is 17.4 Å². The van der Waals surface area contributed by atoms with E-state index < -0.39 is 0 Å². The molecule has 0 saturated heterocycles. The van der Waals surface area contributed by atoms with E-state index in [2.05, 4.69) is 9.57 Å². The third-order valence-electron chi connectivity index (χ3n) is 1.57. The summed E-state index contributed by atoms with van der Waals surface area (Å²) < 4.78 is 4.58. The molecule has 0 aromatic heterocycles. The number of methoxy groups -OCH3 is 1. The second-order valence-corrected chi connectivity index (χ2v) is 3.76.